The Morgan fingerprint density at radius 2 is 2.06 bits per heavy atom. The van der Waals surface area contributed by atoms with Gasteiger partial charge in [-0.2, -0.15) is 13.2 Å². The molecule has 0 radical (unpaired) electrons. The highest BCUT2D eigenvalue weighted by Gasteiger charge is 2.33. The molecule has 1 rings (SSSR count). The summed E-state index contributed by atoms with van der Waals surface area (Å²) in [6, 6.07) is 1.27. The molecular formula is C10H11ClF3NO2S. The zero-order valence-electron chi connectivity index (χ0n) is 9.41. The van der Waals surface area contributed by atoms with Gasteiger partial charge in [-0.05, 0) is 25.5 Å². The monoisotopic (exact) mass is 301 g/mol. The SMILES string of the molecule is CC(CCCl)S(=O)(=O)c1cc(C(F)(F)F)ccn1. The van der Waals surface area contributed by atoms with Gasteiger partial charge in [0.15, 0.2) is 14.9 Å². The minimum Gasteiger partial charge on any atom is -0.245 e. The number of rotatable bonds is 4. The average Bonchev–Trinajstić information content (AvgIpc) is 2.28. The number of hydrogen-bond donors (Lipinski definition) is 0. The summed E-state index contributed by atoms with van der Waals surface area (Å²) < 4.78 is 61.2. The number of aromatic nitrogens is 1. The van der Waals surface area contributed by atoms with Crippen molar-refractivity contribution >= 4 is 21.4 Å². The van der Waals surface area contributed by atoms with Gasteiger partial charge in [0, 0.05) is 12.1 Å². The van der Waals surface area contributed by atoms with E-state index in [4.69, 9.17) is 11.6 Å². The van der Waals surface area contributed by atoms with E-state index in [1.54, 1.807) is 0 Å². The van der Waals surface area contributed by atoms with Crippen LogP contribution in [0.15, 0.2) is 23.4 Å². The summed E-state index contributed by atoms with van der Waals surface area (Å²) in [5.41, 5.74) is -1.03. The lowest BCUT2D eigenvalue weighted by molar-refractivity contribution is -0.137. The van der Waals surface area contributed by atoms with Crippen molar-refractivity contribution in [2.45, 2.75) is 29.8 Å². The van der Waals surface area contributed by atoms with Gasteiger partial charge in [-0.25, -0.2) is 13.4 Å². The normalized spacial score (nSPS) is 14.5. The van der Waals surface area contributed by atoms with Gasteiger partial charge in [-0.15, -0.1) is 11.6 Å². The molecule has 1 unspecified atom stereocenters. The van der Waals surface area contributed by atoms with E-state index in [2.05, 4.69) is 4.98 Å². The Morgan fingerprint density at radius 3 is 2.56 bits per heavy atom. The van der Waals surface area contributed by atoms with Gasteiger partial charge in [0.1, 0.15) is 0 Å². The third-order valence-corrected chi connectivity index (χ3v) is 4.72. The van der Waals surface area contributed by atoms with E-state index in [0.29, 0.717) is 6.07 Å². The molecule has 0 saturated heterocycles. The van der Waals surface area contributed by atoms with E-state index in [1.807, 2.05) is 0 Å². The van der Waals surface area contributed by atoms with Crippen LogP contribution in [-0.4, -0.2) is 24.5 Å². The third kappa shape index (κ3) is 3.35. The van der Waals surface area contributed by atoms with Crippen LogP contribution in [0.1, 0.15) is 18.9 Å². The Hall–Kier alpha value is -0.820. The maximum atomic E-state index is 12.5. The smallest absolute Gasteiger partial charge is 0.245 e. The second kappa shape index (κ2) is 5.44. The van der Waals surface area contributed by atoms with E-state index >= 15 is 0 Å². The lowest BCUT2D eigenvalue weighted by atomic mass is 10.3. The maximum absolute atomic E-state index is 12.5. The summed E-state index contributed by atoms with van der Waals surface area (Å²) in [6.45, 7) is 1.39. The summed E-state index contributed by atoms with van der Waals surface area (Å²) in [6.07, 6.45) is -3.60. The summed E-state index contributed by atoms with van der Waals surface area (Å²) in [7, 11) is -3.88. The van der Waals surface area contributed by atoms with Gasteiger partial charge in [0.05, 0.1) is 10.8 Å². The second-order valence-electron chi connectivity index (χ2n) is 3.71. The third-order valence-electron chi connectivity index (χ3n) is 2.40. The average molecular weight is 302 g/mol. The van der Waals surface area contributed by atoms with Gasteiger partial charge >= 0.3 is 6.18 Å². The lowest BCUT2D eigenvalue weighted by Gasteiger charge is -2.12. The Labute approximate surface area is 108 Å². The zero-order chi connectivity index (χ0) is 14.0. The molecule has 18 heavy (non-hydrogen) atoms. The van der Waals surface area contributed by atoms with E-state index in [0.717, 1.165) is 12.3 Å². The fourth-order valence-electron chi connectivity index (χ4n) is 1.26. The predicted octanol–water partition coefficient (Wildman–Crippen LogP) is 2.89. The molecule has 0 aliphatic heterocycles. The first-order valence-electron chi connectivity index (χ1n) is 5.02. The fraction of sp³-hybridized carbons (Fsp3) is 0.500. The minimum atomic E-state index is -4.59. The number of pyridine rings is 1. The van der Waals surface area contributed by atoms with Crippen molar-refractivity contribution in [2.24, 2.45) is 0 Å². The van der Waals surface area contributed by atoms with E-state index < -0.39 is 31.9 Å². The first kappa shape index (κ1) is 15.2. The van der Waals surface area contributed by atoms with Crippen LogP contribution in [0.3, 0.4) is 0 Å². The van der Waals surface area contributed by atoms with E-state index in [9.17, 15) is 21.6 Å². The van der Waals surface area contributed by atoms with Crippen LogP contribution in [-0.2, 0) is 16.0 Å². The standard InChI is InChI=1S/C10H11ClF3NO2S/c1-7(2-4-11)18(16,17)9-6-8(3-5-15-9)10(12,13)14/h3,5-7H,2,4H2,1H3. The van der Waals surface area contributed by atoms with E-state index in [-0.39, 0.29) is 12.3 Å². The van der Waals surface area contributed by atoms with Gasteiger partial charge in [0.2, 0.25) is 0 Å². The number of sulfone groups is 1. The molecule has 102 valence electrons. The van der Waals surface area contributed by atoms with Crippen molar-refractivity contribution in [2.75, 3.05) is 5.88 Å². The number of nitrogens with zero attached hydrogens (tertiary/aromatic N) is 1. The van der Waals surface area contributed by atoms with Crippen LogP contribution >= 0.6 is 11.6 Å². The van der Waals surface area contributed by atoms with Crippen molar-refractivity contribution in [1.82, 2.24) is 4.98 Å². The highest BCUT2D eigenvalue weighted by molar-refractivity contribution is 7.92. The molecular weight excluding hydrogens is 291 g/mol. The first-order valence-corrected chi connectivity index (χ1v) is 7.10. The molecule has 1 aromatic rings. The largest absolute Gasteiger partial charge is 0.416 e. The van der Waals surface area contributed by atoms with Crippen molar-refractivity contribution in [3.8, 4) is 0 Å². The topological polar surface area (TPSA) is 47.0 Å². The molecule has 0 aliphatic rings. The van der Waals surface area contributed by atoms with Crippen molar-refractivity contribution in [3.63, 3.8) is 0 Å². The molecule has 0 aliphatic carbocycles. The van der Waals surface area contributed by atoms with Crippen LogP contribution in [0.2, 0.25) is 0 Å². The molecule has 0 N–H and O–H groups in total. The summed E-state index contributed by atoms with van der Waals surface area (Å²) in [5, 5.41) is -1.44. The predicted molar refractivity (Wildman–Crippen MR) is 61.2 cm³/mol. The molecule has 1 heterocycles. The van der Waals surface area contributed by atoms with Gasteiger partial charge < -0.3 is 0 Å². The van der Waals surface area contributed by atoms with Crippen molar-refractivity contribution in [1.29, 1.82) is 0 Å². The van der Waals surface area contributed by atoms with E-state index in [1.165, 1.54) is 6.92 Å². The molecule has 0 spiro atoms. The Morgan fingerprint density at radius 1 is 1.44 bits per heavy atom. The van der Waals surface area contributed by atoms with Gasteiger partial charge in [-0.3, -0.25) is 0 Å². The molecule has 3 nitrogen and oxygen atoms in total. The van der Waals surface area contributed by atoms with Crippen molar-refractivity contribution < 1.29 is 21.6 Å². The number of halogens is 4. The van der Waals surface area contributed by atoms with Crippen LogP contribution < -0.4 is 0 Å². The summed E-state index contributed by atoms with van der Waals surface area (Å²) in [4.78, 5) is 3.50. The lowest BCUT2D eigenvalue weighted by Crippen LogP contribution is -2.20. The van der Waals surface area contributed by atoms with Crippen LogP contribution in [0.25, 0.3) is 0 Å². The maximum Gasteiger partial charge on any atom is 0.416 e. The molecule has 0 fully saturated rings. The quantitative estimate of drug-likeness (QED) is 0.803. The fourth-order valence-corrected chi connectivity index (χ4v) is 3.05. The number of alkyl halides is 4. The van der Waals surface area contributed by atoms with Crippen LogP contribution in [0, 0.1) is 0 Å². The Kier molecular flexibility index (Phi) is 4.61. The van der Waals surface area contributed by atoms with Crippen molar-refractivity contribution in [3.05, 3.63) is 23.9 Å². The molecule has 1 atom stereocenters. The highest BCUT2D eigenvalue weighted by atomic mass is 35.5. The van der Waals surface area contributed by atoms with Crippen LogP contribution in [0.5, 0.6) is 0 Å². The zero-order valence-corrected chi connectivity index (χ0v) is 11.0. The van der Waals surface area contributed by atoms with Gasteiger partial charge in [0.25, 0.3) is 0 Å². The second-order valence-corrected chi connectivity index (χ2v) is 6.40. The first-order chi connectivity index (χ1) is 8.19. The van der Waals surface area contributed by atoms with Gasteiger partial charge in [-0.1, -0.05) is 0 Å². The Bertz CT molecular complexity index is 516. The summed E-state index contributed by atoms with van der Waals surface area (Å²) in [5.74, 6) is 0.110. The highest BCUT2D eigenvalue weighted by Crippen LogP contribution is 2.30. The molecule has 0 bridgehead atoms. The molecule has 1 aromatic heterocycles. The Balaban J connectivity index is 3.18. The molecule has 0 saturated carbocycles. The molecule has 8 heteroatoms. The summed E-state index contributed by atoms with van der Waals surface area (Å²) >= 11 is 5.43. The van der Waals surface area contributed by atoms with Crippen LogP contribution in [0.4, 0.5) is 13.2 Å². The molecule has 0 amide bonds. The molecule has 0 aromatic carbocycles. The number of hydrogen-bond acceptors (Lipinski definition) is 3. The minimum absolute atomic E-state index is 0.110.